The van der Waals surface area contributed by atoms with Crippen LogP contribution in [0, 0.1) is 0 Å². The van der Waals surface area contributed by atoms with E-state index in [9.17, 15) is 0 Å². The Bertz CT molecular complexity index is 689. The molecule has 96 valence electrons. The third-order valence-electron chi connectivity index (χ3n) is 3.06. The van der Waals surface area contributed by atoms with Gasteiger partial charge in [0.05, 0.1) is 6.20 Å². The van der Waals surface area contributed by atoms with E-state index in [-0.39, 0.29) is 0 Å². The molecule has 0 amide bonds. The number of nitrogens with one attached hydrogen (secondary N) is 1. The molecule has 5 nitrogen and oxygen atoms in total. The van der Waals surface area contributed by atoms with Crippen LogP contribution >= 0.6 is 0 Å². The first kappa shape index (κ1) is 11.7. The van der Waals surface area contributed by atoms with Crippen LogP contribution in [0.15, 0.2) is 48.8 Å². The molecule has 3 N–H and O–H groups in total. The molecule has 2 heterocycles. The zero-order valence-corrected chi connectivity index (χ0v) is 10.5. The second-order valence-corrected chi connectivity index (χ2v) is 4.27. The fourth-order valence-electron chi connectivity index (χ4n) is 2.03. The third-order valence-corrected chi connectivity index (χ3v) is 3.06. The van der Waals surface area contributed by atoms with Gasteiger partial charge < -0.3 is 11.1 Å². The van der Waals surface area contributed by atoms with E-state index < -0.39 is 0 Å². The number of aromatic nitrogens is 3. The molecule has 19 heavy (non-hydrogen) atoms. The van der Waals surface area contributed by atoms with Crippen molar-refractivity contribution in [3.63, 3.8) is 0 Å². The van der Waals surface area contributed by atoms with E-state index in [1.807, 2.05) is 36.5 Å². The molecule has 3 rings (SSSR count). The third kappa shape index (κ3) is 2.41. The van der Waals surface area contributed by atoms with Gasteiger partial charge in [-0.15, -0.1) is 0 Å². The maximum Gasteiger partial charge on any atom is 0.157 e. The second kappa shape index (κ2) is 5.07. The number of fused-ring (bicyclic) bond motifs is 1. The van der Waals surface area contributed by atoms with E-state index in [4.69, 9.17) is 5.73 Å². The van der Waals surface area contributed by atoms with E-state index >= 15 is 0 Å². The van der Waals surface area contributed by atoms with Crippen molar-refractivity contribution in [2.75, 3.05) is 5.32 Å². The molecule has 2 aromatic heterocycles. The van der Waals surface area contributed by atoms with Gasteiger partial charge in [0.25, 0.3) is 0 Å². The highest BCUT2D eigenvalue weighted by Gasteiger charge is 2.01. The maximum absolute atomic E-state index is 5.73. The normalized spacial score (nSPS) is 10.8. The molecule has 0 aliphatic heterocycles. The van der Waals surface area contributed by atoms with Gasteiger partial charge >= 0.3 is 0 Å². The van der Waals surface area contributed by atoms with Gasteiger partial charge in [0.1, 0.15) is 5.82 Å². The molecule has 0 radical (unpaired) electrons. The van der Waals surface area contributed by atoms with E-state index in [2.05, 4.69) is 21.5 Å². The van der Waals surface area contributed by atoms with Crippen LogP contribution < -0.4 is 11.1 Å². The first-order chi connectivity index (χ1) is 9.36. The Kier molecular flexibility index (Phi) is 3.12. The smallest absolute Gasteiger partial charge is 0.157 e. The van der Waals surface area contributed by atoms with E-state index in [1.165, 1.54) is 5.56 Å². The lowest BCUT2D eigenvalue weighted by Gasteiger charge is -2.09. The molecule has 5 heteroatoms. The largest absolute Gasteiger partial charge is 0.366 e. The Labute approximate surface area is 111 Å². The molecule has 0 saturated carbocycles. The highest BCUT2D eigenvalue weighted by molar-refractivity contribution is 5.46. The Balaban J connectivity index is 1.78. The first-order valence-corrected chi connectivity index (χ1v) is 6.18. The van der Waals surface area contributed by atoms with Crippen molar-refractivity contribution in [3.8, 4) is 0 Å². The minimum absolute atomic E-state index is 0.549. The van der Waals surface area contributed by atoms with Gasteiger partial charge in [0.15, 0.2) is 5.65 Å². The molecule has 0 aliphatic carbocycles. The van der Waals surface area contributed by atoms with Crippen molar-refractivity contribution in [2.24, 2.45) is 5.73 Å². The van der Waals surface area contributed by atoms with Gasteiger partial charge in [-0.05, 0) is 17.2 Å². The van der Waals surface area contributed by atoms with Gasteiger partial charge in [0.2, 0.25) is 0 Å². The van der Waals surface area contributed by atoms with Crippen molar-refractivity contribution in [2.45, 2.75) is 13.1 Å². The Morgan fingerprint density at radius 2 is 1.95 bits per heavy atom. The molecule has 0 aliphatic rings. The van der Waals surface area contributed by atoms with Crippen LogP contribution in [0.4, 0.5) is 5.82 Å². The number of benzene rings is 1. The second-order valence-electron chi connectivity index (χ2n) is 4.27. The van der Waals surface area contributed by atoms with Crippen LogP contribution in [-0.4, -0.2) is 14.6 Å². The monoisotopic (exact) mass is 253 g/mol. The number of hydrogen-bond acceptors (Lipinski definition) is 4. The molecular formula is C14H15N5. The maximum atomic E-state index is 5.73. The summed E-state index contributed by atoms with van der Waals surface area (Å²) in [5, 5.41) is 7.43. The van der Waals surface area contributed by atoms with Crippen molar-refractivity contribution in [1.29, 1.82) is 0 Å². The van der Waals surface area contributed by atoms with Gasteiger partial charge in [-0.2, -0.15) is 5.10 Å². The highest BCUT2D eigenvalue weighted by Crippen LogP contribution is 2.11. The quantitative estimate of drug-likeness (QED) is 0.744. The molecule has 0 spiro atoms. The summed E-state index contributed by atoms with van der Waals surface area (Å²) < 4.78 is 1.74. The number of rotatable bonds is 4. The number of nitrogens with two attached hydrogens (primary N) is 1. The predicted molar refractivity (Wildman–Crippen MR) is 74.6 cm³/mol. The summed E-state index contributed by atoms with van der Waals surface area (Å²) >= 11 is 0. The topological polar surface area (TPSA) is 68.2 Å². The fourth-order valence-corrected chi connectivity index (χ4v) is 2.03. The van der Waals surface area contributed by atoms with E-state index in [0.29, 0.717) is 13.1 Å². The molecule has 1 aromatic carbocycles. The van der Waals surface area contributed by atoms with Gasteiger partial charge in [0, 0.05) is 25.4 Å². The minimum Gasteiger partial charge on any atom is -0.366 e. The minimum atomic E-state index is 0.549. The SMILES string of the molecule is NCc1ccccc1CNc1ccn2nccc2n1. The molecular weight excluding hydrogens is 238 g/mol. The standard InChI is InChI=1S/C14H15N5/c15-9-11-3-1-2-4-12(11)10-16-13-6-8-19-14(18-13)5-7-17-19/h1-8H,9-10,15H2,(H,16,18). The van der Waals surface area contributed by atoms with Crippen molar-refractivity contribution in [3.05, 3.63) is 59.9 Å². The number of hydrogen-bond donors (Lipinski definition) is 2. The predicted octanol–water partition coefficient (Wildman–Crippen LogP) is 1.80. The summed E-state index contributed by atoms with van der Waals surface area (Å²) in [5.41, 5.74) is 8.90. The average Bonchev–Trinajstić information content (AvgIpc) is 2.93. The number of nitrogens with zero attached hydrogens (tertiary/aromatic N) is 3. The average molecular weight is 253 g/mol. The molecule has 0 bridgehead atoms. The lowest BCUT2D eigenvalue weighted by molar-refractivity contribution is 0.934. The Morgan fingerprint density at radius 1 is 1.11 bits per heavy atom. The molecule has 0 atom stereocenters. The van der Waals surface area contributed by atoms with Crippen LogP contribution in [0.3, 0.4) is 0 Å². The summed E-state index contributed by atoms with van der Waals surface area (Å²) in [6, 6.07) is 11.9. The fraction of sp³-hybridized carbons (Fsp3) is 0.143. The van der Waals surface area contributed by atoms with Gasteiger partial charge in [-0.3, -0.25) is 0 Å². The molecule has 0 saturated heterocycles. The van der Waals surface area contributed by atoms with Crippen LogP contribution in [0.25, 0.3) is 5.65 Å². The van der Waals surface area contributed by atoms with E-state index in [1.54, 1.807) is 10.7 Å². The highest BCUT2D eigenvalue weighted by atomic mass is 15.2. The van der Waals surface area contributed by atoms with E-state index in [0.717, 1.165) is 17.0 Å². The lowest BCUT2D eigenvalue weighted by atomic mass is 10.1. The summed E-state index contributed by atoms with van der Waals surface area (Å²) in [5.74, 6) is 0.833. The molecule has 0 fully saturated rings. The Hall–Kier alpha value is -2.40. The van der Waals surface area contributed by atoms with Gasteiger partial charge in [-0.25, -0.2) is 9.50 Å². The first-order valence-electron chi connectivity index (χ1n) is 6.18. The summed E-state index contributed by atoms with van der Waals surface area (Å²) in [6.45, 7) is 1.26. The Morgan fingerprint density at radius 3 is 2.79 bits per heavy atom. The van der Waals surface area contributed by atoms with Crippen LogP contribution in [0.1, 0.15) is 11.1 Å². The summed E-state index contributed by atoms with van der Waals surface area (Å²) in [4.78, 5) is 4.46. The lowest BCUT2D eigenvalue weighted by Crippen LogP contribution is -2.07. The van der Waals surface area contributed by atoms with Crippen molar-refractivity contribution < 1.29 is 0 Å². The molecule has 0 unspecified atom stereocenters. The van der Waals surface area contributed by atoms with Crippen molar-refractivity contribution in [1.82, 2.24) is 14.6 Å². The van der Waals surface area contributed by atoms with Crippen LogP contribution in [-0.2, 0) is 13.1 Å². The van der Waals surface area contributed by atoms with Crippen LogP contribution in [0.2, 0.25) is 0 Å². The number of anilines is 1. The molecule has 3 aromatic rings. The van der Waals surface area contributed by atoms with Crippen molar-refractivity contribution >= 4 is 11.5 Å². The van der Waals surface area contributed by atoms with Crippen LogP contribution in [0.5, 0.6) is 0 Å². The zero-order valence-electron chi connectivity index (χ0n) is 10.5. The summed E-state index contributed by atoms with van der Waals surface area (Å²) in [7, 11) is 0. The zero-order chi connectivity index (χ0) is 13.1. The van der Waals surface area contributed by atoms with Gasteiger partial charge in [-0.1, -0.05) is 24.3 Å². The summed E-state index contributed by atoms with van der Waals surface area (Å²) in [6.07, 6.45) is 3.62.